The third kappa shape index (κ3) is 2.97. The lowest BCUT2D eigenvalue weighted by Crippen LogP contribution is -2.35. The van der Waals surface area contributed by atoms with E-state index in [1.165, 1.54) is 24.0 Å². The summed E-state index contributed by atoms with van der Waals surface area (Å²) in [6, 6.07) is 2.23. The molecule has 1 aromatic rings. The molecule has 1 fully saturated rings. The fourth-order valence-corrected chi connectivity index (χ4v) is 2.64. The summed E-state index contributed by atoms with van der Waals surface area (Å²) in [7, 11) is 0. The van der Waals surface area contributed by atoms with E-state index in [1.807, 2.05) is 6.20 Å². The number of piperidine rings is 1. The largest absolute Gasteiger partial charge is 0.356 e. The summed E-state index contributed by atoms with van der Waals surface area (Å²) in [5, 5.41) is 0. The molecule has 0 aromatic carbocycles. The first-order valence-corrected chi connectivity index (χ1v) is 6.61. The molecule has 0 bridgehead atoms. The molecule has 1 unspecified atom stereocenters. The first-order chi connectivity index (χ1) is 8.20. The second kappa shape index (κ2) is 5.50. The molecule has 1 aliphatic rings. The van der Waals surface area contributed by atoms with E-state index in [0.717, 1.165) is 31.2 Å². The summed E-state index contributed by atoms with van der Waals surface area (Å²) in [6.45, 7) is 7.46. The molecule has 1 aromatic heterocycles. The number of anilines is 1. The van der Waals surface area contributed by atoms with E-state index < -0.39 is 0 Å². The van der Waals surface area contributed by atoms with Gasteiger partial charge in [0.1, 0.15) is 5.82 Å². The minimum Gasteiger partial charge on any atom is -0.356 e. The summed E-state index contributed by atoms with van der Waals surface area (Å²) >= 11 is 0. The van der Waals surface area contributed by atoms with E-state index in [4.69, 9.17) is 5.73 Å². The molecule has 1 aliphatic heterocycles. The van der Waals surface area contributed by atoms with Crippen molar-refractivity contribution in [3.8, 4) is 0 Å². The topological polar surface area (TPSA) is 42.1 Å². The maximum Gasteiger partial charge on any atom is 0.131 e. The van der Waals surface area contributed by atoms with E-state index in [-0.39, 0.29) is 0 Å². The highest BCUT2D eigenvalue weighted by molar-refractivity contribution is 5.47. The van der Waals surface area contributed by atoms with Crippen LogP contribution in [0, 0.1) is 12.8 Å². The number of pyridine rings is 1. The molecule has 1 atom stereocenters. The van der Waals surface area contributed by atoms with E-state index in [9.17, 15) is 0 Å². The summed E-state index contributed by atoms with van der Waals surface area (Å²) in [5.74, 6) is 1.95. The average molecular weight is 233 g/mol. The third-order valence-electron chi connectivity index (χ3n) is 3.50. The Morgan fingerprint density at radius 1 is 1.53 bits per heavy atom. The van der Waals surface area contributed by atoms with Gasteiger partial charge in [-0.2, -0.15) is 0 Å². The van der Waals surface area contributed by atoms with Gasteiger partial charge in [0.25, 0.3) is 0 Å². The normalized spacial score (nSPS) is 20.6. The van der Waals surface area contributed by atoms with Gasteiger partial charge in [0, 0.05) is 19.3 Å². The summed E-state index contributed by atoms with van der Waals surface area (Å²) in [6.07, 6.45) is 5.53. The third-order valence-corrected chi connectivity index (χ3v) is 3.50. The van der Waals surface area contributed by atoms with E-state index >= 15 is 0 Å². The molecule has 2 rings (SSSR count). The Hall–Kier alpha value is -1.09. The predicted molar refractivity (Wildman–Crippen MR) is 72.3 cm³/mol. The van der Waals surface area contributed by atoms with Crippen molar-refractivity contribution in [3.63, 3.8) is 0 Å². The molecule has 0 amide bonds. The van der Waals surface area contributed by atoms with Gasteiger partial charge in [-0.15, -0.1) is 0 Å². The lowest BCUT2D eigenvalue weighted by Gasteiger charge is -2.32. The second-order valence-corrected chi connectivity index (χ2v) is 5.22. The highest BCUT2D eigenvalue weighted by Gasteiger charge is 2.18. The highest BCUT2D eigenvalue weighted by atomic mass is 15.2. The first kappa shape index (κ1) is 12.4. The first-order valence-electron chi connectivity index (χ1n) is 6.61. The molecule has 17 heavy (non-hydrogen) atoms. The Morgan fingerprint density at radius 2 is 2.35 bits per heavy atom. The Bertz CT molecular complexity index is 376. The van der Waals surface area contributed by atoms with Crippen LogP contribution in [-0.2, 0) is 6.42 Å². The van der Waals surface area contributed by atoms with E-state index in [2.05, 4.69) is 29.8 Å². The Morgan fingerprint density at radius 3 is 3.00 bits per heavy atom. The van der Waals surface area contributed by atoms with Gasteiger partial charge >= 0.3 is 0 Å². The predicted octanol–water partition coefficient (Wildman–Crippen LogP) is 2.13. The van der Waals surface area contributed by atoms with E-state index in [0.29, 0.717) is 6.54 Å². The van der Waals surface area contributed by atoms with Gasteiger partial charge in [0.15, 0.2) is 0 Å². The number of nitrogens with two attached hydrogens (primary N) is 1. The van der Waals surface area contributed by atoms with Crippen LogP contribution in [0.3, 0.4) is 0 Å². The number of hydrogen-bond acceptors (Lipinski definition) is 3. The number of aromatic nitrogens is 1. The number of nitrogens with zero attached hydrogens (tertiary/aromatic N) is 2. The maximum absolute atomic E-state index is 5.57. The van der Waals surface area contributed by atoms with Gasteiger partial charge in [-0.3, -0.25) is 0 Å². The molecule has 0 spiro atoms. The van der Waals surface area contributed by atoms with Crippen LogP contribution in [0.2, 0.25) is 0 Å². The van der Waals surface area contributed by atoms with Crippen LogP contribution in [0.5, 0.6) is 0 Å². The fraction of sp³-hybridized carbons (Fsp3) is 0.643. The van der Waals surface area contributed by atoms with Gasteiger partial charge in [0.05, 0.1) is 0 Å². The van der Waals surface area contributed by atoms with Crippen LogP contribution in [0.15, 0.2) is 12.3 Å². The highest BCUT2D eigenvalue weighted by Crippen LogP contribution is 2.24. The maximum atomic E-state index is 5.57. The van der Waals surface area contributed by atoms with Crippen molar-refractivity contribution in [2.75, 3.05) is 24.5 Å². The van der Waals surface area contributed by atoms with Crippen molar-refractivity contribution in [3.05, 3.63) is 23.4 Å². The summed E-state index contributed by atoms with van der Waals surface area (Å²) < 4.78 is 0. The zero-order valence-electron chi connectivity index (χ0n) is 10.9. The fourth-order valence-electron chi connectivity index (χ4n) is 2.64. The molecular formula is C14H23N3. The molecule has 2 heterocycles. The van der Waals surface area contributed by atoms with Gasteiger partial charge in [0.2, 0.25) is 0 Å². The molecule has 0 radical (unpaired) electrons. The van der Waals surface area contributed by atoms with Gasteiger partial charge in [-0.05, 0) is 49.8 Å². The minimum absolute atomic E-state index is 0.696. The van der Waals surface area contributed by atoms with Gasteiger partial charge in [-0.1, -0.05) is 13.0 Å². The summed E-state index contributed by atoms with van der Waals surface area (Å²) in [5.41, 5.74) is 8.10. The van der Waals surface area contributed by atoms with Crippen molar-refractivity contribution in [1.29, 1.82) is 0 Å². The van der Waals surface area contributed by atoms with Gasteiger partial charge in [-0.25, -0.2) is 4.98 Å². The van der Waals surface area contributed by atoms with Gasteiger partial charge < -0.3 is 10.6 Å². The lowest BCUT2D eigenvalue weighted by atomic mass is 10.00. The molecule has 2 N–H and O–H groups in total. The summed E-state index contributed by atoms with van der Waals surface area (Å²) in [4.78, 5) is 7.05. The Balaban J connectivity index is 2.15. The van der Waals surface area contributed by atoms with Crippen LogP contribution in [0.1, 0.15) is 30.9 Å². The zero-order chi connectivity index (χ0) is 12.3. The molecule has 0 saturated carbocycles. The SMILES string of the molecule is Cc1cc(CCN)cnc1N1CCCC(C)C1. The molecule has 3 nitrogen and oxygen atoms in total. The Kier molecular flexibility index (Phi) is 4.00. The van der Waals surface area contributed by atoms with Crippen LogP contribution in [0.25, 0.3) is 0 Å². The molecule has 3 heteroatoms. The molecule has 94 valence electrons. The van der Waals surface area contributed by atoms with E-state index in [1.54, 1.807) is 0 Å². The quantitative estimate of drug-likeness (QED) is 0.869. The average Bonchev–Trinajstić information content (AvgIpc) is 2.29. The number of aryl methyl sites for hydroxylation is 1. The van der Waals surface area contributed by atoms with Crippen molar-refractivity contribution >= 4 is 5.82 Å². The van der Waals surface area contributed by atoms with Crippen molar-refractivity contribution < 1.29 is 0 Å². The van der Waals surface area contributed by atoms with Crippen LogP contribution < -0.4 is 10.6 Å². The smallest absolute Gasteiger partial charge is 0.131 e. The van der Waals surface area contributed by atoms with Crippen LogP contribution in [0.4, 0.5) is 5.82 Å². The van der Waals surface area contributed by atoms with Crippen LogP contribution >= 0.6 is 0 Å². The monoisotopic (exact) mass is 233 g/mol. The van der Waals surface area contributed by atoms with Crippen molar-refractivity contribution in [2.45, 2.75) is 33.1 Å². The molecular weight excluding hydrogens is 210 g/mol. The molecule has 0 aliphatic carbocycles. The van der Waals surface area contributed by atoms with Crippen molar-refractivity contribution in [2.24, 2.45) is 11.7 Å². The number of hydrogen-bond donors (Lipinski definition) is 1. The molecule has 1 saturated heterocycles. The standard InChI is InChI=1S/C14H23N3/c1-11-4-3-7-17(10-11)14-12(2)8-13(5-6-15)9-16-14/h8-9,11H,3-7,10,15H2,1-2H3. The van der Waals surface area contributed by atoms with Crippen LogP contribution in [-0.4, -0.2) is 24.6 Å². The second-order valence-electron chi connectivity index (χ2n) is 5.22. The lowest BCUT2D eigenvalue weighted by molar-refractivity contribution is 0.444. The Labute approximate surface area is 104 Å². The minimum atomic E-state index is 0.696. The van der Waals surface area contributed by atoms with Crippen molar-refractivity contribution in [1.82, 2.24) is 4.98 Å². The number of rotatable bonds is 3. The zero-order valence-corrected chi connectivity index (χ0v) is 10.9.